The lowest BCUT2D eigenvalue weighted by atomic mass is 10.1. The SMILES string of the molecule is O=C(OCc1cscn1)c1cc(Oc2ccc(C(F)(F)F)cc2Cl)ccc1[N+](=O)[O-]. The highest BCUT2D eigenvalue weighted by atomic mass is 35.5. The van der Waals surface area contributed by atoms with E-state index in [0.717, 1.165) is 24.3 Å². The van der Waals surface area contributed by atoms with Gasteiger partial charge >= 0.3 is 12.1 Å². The number of ether oxygens (including phenoxy) is 2. The molecule has 0 spiro atoms. The zero-order valence-electron chi connectivity index (χ0n) is 14.7. The number of nitrogens with zero attached hydrogens (tertiary/aromatic N) is 2. The lowest BCUT2D eigenvalue weighted by molar-refractivity contribution is -0.385. The number of aromatic nitrogens is 1. The first-order valence-electron chi connectivity index (χ1n) is 8.02. The standard InChI is InChI=1S/C18H10ClF3N2O5S/c19-14-5-10(18(20,21)22)1-4-16(14)29-12-2-3-15(24(26)27)13(6-12)17(25)28-7-11-8-30-9-23-11/h1-6,8-9H,7H2. The summed E-state index contributed by atoms with van der Waals surface area (Å²) in [6, 6.07) is 5.72. The molecule has 3 aromatic rings. The highest BCUT2D eigenvalue weighted by Crippen LogP contribution is 2.37. The largest absolute Gasteiger partial charge is 0.456 e. The Labute approximate surface area is 175 Å². The Bertz CT molecular complexity index is 1090. The number of nitro groups is 1. The van der Waals surface area contributed by atoms with Gasteiger partial charge in [-0.05, 0) is 24.3 Å². The molecule has 3 rings (SSSR count). The maximum Gasteiger partial charge on any atom is 0.416 e. The molecule has 1 aromatic heterocycles. The second kappa shape index (κ2) is 8.67. The molecule has 7 nitrogen and oxygen atoms in total. The van der Waals surface area contributed by atoms with Gasteiger partial charge in [0, 0.05) is 17.5 Å². The molecule has 0 N–H and O–H groups in total. The summed E-state index contributed by atoms with van der Waals surface area (Å²) in [4.78, 5) is 26.7. The summed E-state index contributed by atoms with van der Waals surface area (Å²) >= 11 is 7.13. The molecule has 0 saturated carbocycles. The third-order valence-electron chi connectivity index (χ3n) is 3.71. The van der Waals surface area contributed by atoms with Gasteiger partial charge in [0.2, 0.25) is 0 Å². The van der Waals surface area contributed by atoms with Crippen molar-refractivity contribution in [2.75, 3.05) is 0 Å². The Kier molecular flexibility index (Phi) is 6.22. The minimum Gasteiger partial charge on any atom is -0.456 e. The summed E-state index contributed by atoms with van der Waals surface area (Å²) < 4.78 is 48.7. The van der Waals surface area contributed by atoms with E-state index in [2.05, 4.69) is 4.98 Å². The zero-order valence-corrected chi connectivity index (χ0v) is 16.3. The molecule has 0 saturated heterocycles. The number of benzene rings is 2. The molecular weight excluding hydrogens is 449 g/mol. The van der Waals surface area contributed by atoms with E-state index in [1.54, 1.807) is 5.38 Å². The monoisotopic (exact) mass is 458 g/mol. The van der Waals surface area contributed by atoms with Crippen LogP contribution >= 0.6 is 22.9 Å². The van der Waals surface area contributed by atoms with Crippen molar-refractivity contribution < 1.29 is 32.4 Å². The zero-order chi connectivity index (χ0) is 21.9. The van der Waals surface area contributed by atoms with Crippen LogP contribution in [0, 0.1) is 10.1 Å². The van der Waals surface area contributed by atoms with Crippen LogP contribution in [0.3, 0.4) is 0 Å². The van der Waals surface area contributed by atoms with Crippen LogP contribution in [0.25, 0.3) is 0 Å². The maximum atomic E-state index is 12.7. The van der Waals surface area contributed by atoms with Crippen molar-refractivity contribution >= 4 is 34.6 Å². The minimum absolute atomic E-state index is 0.0529. The van der Waals surface area contributed by atoms with Gasteiger partial charge in [-0.3, -0.25) is 10.1 Å². The number of halogens is 4. The fourth-order valence-electron chi connectivity index (χ4n) is 2.31. The lowest BCUT2D eigenvalue weighted by Gasteiger charge is -2.12. The van der Waals surface area contributed by atoms with E-state index in [0.29, 0.717) is 11.8 Å². The van der Waals surface area contributed by atoms with Crippen LogP contribution in [0.2, 0.25) is 5.02 Å². The molecule has 30 heavy (non-hydrogen) atoms. The summed E-state index contributed by atoms with van der Waals surface area (Å²) in [6.45, 7) is -0.185. The Morgan fingerprint density at radius 2 is 2.00 bits per heavy atom. The molecule has 156 valence electrons. The average molecular weight is 459 g/mol. The topological polar surface area (TPSA) is 91.6 Å². The number of carbonyl (C=O) groups excluding carboxylic acids is 1. The molecule has 0 radical (unpaired) electrons. The van der Waals surface area contributed by atoms with Gasteiger partial charge in [-0.15, -0.1) is 11.3 Å². The number of hydrogen-bond donors (Lipinski definition) is 0. The molecule has 12 heteroatoms. The van der Waals surface area contributed by atoms with Crippen LogP contribution in [0.5, 0.6) is 11.5 Å². The maximum absolute atomic E-state index is 12.7. The predicted octanol–water partition coefficient (Wildman–Crippen LogP) is 5.87. The molecule has 0 bridgehead atoms. The van der Waals surface area contributed by atoms with E-state index < -0.39 is 33.9 Å². The Balaban J connectivity index is 1.85. The average Bonchev–Trinajstić information content (AvgIpc) is 3.20. The smallest absolute Gasteiger partial charge is 0.416 e. The van der Waals surface area contributed by atoms with Crippen molar-refractivity contribution in [2.45, 2.75) is 12.8 Å². The van der Waals surface area contributed by atoms with Crippen molar-refractivity contribution in [3.05, 3.63) is 79.2 Å². The van der Waals surface area contributed by atoms with Gasteiger partial charge in [0.25, 0.3) is 5.69 Å². The minimum atomic E-state index is -4.58. The van der Waals surface area contributed by atoms with Crippen LogP contribution in [0.1, 0.15) is 21.6 Å². The number of esters is 1. The molecule has 0 amide bonds. The van der Waals surface area contributed by atoms with Crippen molar-refractivity contribution in [1.29, 1.82) is 0 Å². The van der Waals surface area contributed by atoms with Gasteiger partial charge in [-0.2, -0.15) is 13.2 Å². The fraction of sp³-hybridized carbons (Fsp3) is 0.111. The number of carbonyl (C=O) groups is 1. The second-order valence-electron chi connectivity index (χ2n) is 5.74. The highest BCUT2D eigenvalue weighted by molar-refractivity contribution is 7.07. The van der Waals surface area contributed by atoms with Gasteiger partial charge in [0.15, 0.2) is 0 Å². The van der Waals surface area contributed by atoms with Crippen LogP contribution in [-0.2, 0) is 17.5 Å². The number of alkyl halides is 3. The molecule has 0 unspecified atom stereocenters. The first-order valence-corrected chi connectivity index (χ1v) is 9.34. The number of hydrogen-bond acceptors (Lipinski definition) is 7. The molecule has 0 aliphatic heterocycles. The normalized spacial score (nSPS) is 11.2. The van der Waals surface area contributed by atoms with Gasteiger partial charge in [0.05, 0.1) is 26.7 Å². The van der Waals surface area contributed by atoms with E-state index >= 15 is 0 Å². The summed E-state index contributed by atoms with van der Waals surface area (Å²) in [5, 5.41) is 12.6. The Morgan fingerprint density at radius 1 is 1.23 bits per heavy atom. The second-order valence-corrected chi connectivity index (χ2v) is 6.86. The predicted molar refractivity (Wildman–Crippen MR) is 101 cm³/mol. The van der Waals surface area contributed by atoms with E-state index in [-0.39, 0.29) is 23.1 Å². The summed E-state index contributed by atoms with van der Waals surface area (Å²) in [6.07, 6.45) is -4.58. The lowest BCUT2D eigenvalue weighted by Crippen LogP contribution is -2.09. The van der Waals surface area contributed by atoms with Crippen LogP contribution in [-0.4, -0.2) is 15.9 Å². The van der Waals surface area contributed by atoms with Crippen molar-refractivity contribution in [2.24, 2.45) is 0 Å². The van der Waals surface area contributed by atoms with Gasteiger partial charge < -0.3 is 9.47 Å². The highest BCUT2D eigenvalue weighted by Gasteiger charge is 2.31. The van der Waals surface area contributed by atoms with Gasteiger partial charge in [-0.1, -0.05) is 11.6 Å². The summed E-state index contributed by atoms with van der Waals surface area (Å²) in [7, 11) is 0. The van der Waals surface area contributed by atoms with Crippen molar-refractivity contribution in [3.63, 3.8) is 0 Å². The van der Waals surface area contributed by atoms with Crippen molar-refractivity contribution in [1.82, 2.24) is 4.98 Å². The number of thiazole rings is 1. The first kappa shape index (κ1) is 21.5. The summed E-state index contributed by atoms with van der Waals surface area (Å²) in [5.41, 5.74) is 0.128. The molecule has 0 aliphatic rings. The van der Waals surface area contributed by atoms with E-state index in [4.69, 9.17) is 21.1 Å². The number of rotatable bonds is 6. The van der Waals surface area contributed by atoms with Crippen LogP contribution in [0.15, 0.2) is 47.3 Å². The molecular formula is C18H10ClF3N2O5S. The molecule has 2 aromatic carbocycles. The molecule has 1 heterocycles. The molecule has 0 atom stereocenters. The van der Waals surface area contributed by atoms with Gasteiger partial charge in [0.1, 0.15) is 23.7 Å². The van der Waals surface area contributed by atoms with Crippen LogP contribution < -0.4 is 4.74 Å². The Morgan fingerprint density at radius 3 is 2.60 bits per heavy atom. The van der Waals surface area contributed by atoms with Crippen molar-refractivity contribution in [3.8, 4) is 11.5 Å². The fourth-order valence-corrected chi connectivity index (χ4v) is 3.08. The van der Waals surface area contributed by atoms with Gasteiger partial charge in [-0.25, -0.2) is 9.78 Å². The first-order chi connectivity index (χ1) is 14.1. The van der Waals surface area contributed by atoms with E-state index in [1.165, 1.54) is 22.9 Å². The summed E-state index contributed by atoms with van der Waals surface area (Å²) in [5.74, 6) is -1.16. The van der Waals surface area contributed by atoms with E-state index in [9.17, 15) is 28.1 Å². The molecule has 0 fully saturated rings. The number of nitro benzene ring substituents is 1. The van der Waals surface area contributed by atoms with E-state index in [1.807, 2.05) is 0 Å². The quantitative estimate of drug-likeness (QED) is 0.260. The third-order valence-corrected chi connectivity index (χ3v) is 4.64. The third kappa shape index (κ3) is 5.05. The van der Waals surface area contributed by atoms with Crippen LogP contribution in [0.4, 0.5) is 18.9 Å². The molecule has 0 aliphatic carbocycles. The Hall–Kier alpha value is -3.18.